The zero-order valence-electron chi connectivity index (χ0n) is 14.3. The maximum atomic E-state index is 12.2. The summed E-state index contributed by atoms with van der Waals surface area (Å²) >= 11 is 18.5. The Morgan fingerprint density at radius 3 is 2.00 bits per heavy atom. The number of benzene rings is 2. The maximum absolute atomic E-state index is 12.2. The quantitative estimate of drug-likeness (QED) is 0.334. The van der Waals surface area contributed by atoms with Gasteiger partial charge in [-0.25, -0.2) is 0 Å². The number of carbonyl (C=O) groups excluding carboxylic acids is 1. The van der Waals surface area contributed by atoms with E-state index in [1.807, 2.05) is 0 Å². The van der Waals surface area contributed by atoms with Crippen LogP contribution in [0.5, 0.6) is 5.75 Å². The molecule has 138 valence electrons. The van der Waals surface area contributed by atoms with Gasteiger partial charge in [-0.3, -0.25) is 14.9 Å². The molecule has 0 aliphatic rings. The van der Waals surface area contributed by atoms with E-state index in [9.17, 15) is 14.9 Å². The van der Waals surface area contributed by atoms with Gasteiger partial charge in [0.25, 0.3) is 5.69 Å². The average Bonchev–Trinajstić information content (AvgIpc) is 2.56. The number of alkyl halides is 1. The fourth-order valence-corrected chi connectivity index (χ4v) is 3.10. The lowest BCUT2D eigenvalue weighted by atomic mass is 9.91. The molecule has 2 aromatic rings. The Morgan fingerprint density at radius 1 is 1.08 bits per heavy atom. The number of carbonyl (C=O) groups is 1. The van der Waals surface area contributed by atoms with Gasteiger partial charge in [-0.2, -0.15) is 0 Å². The van der Waals surface area contributed by atoms with E-state index in [2.05, 4.69) is 0 Å². The van der Waals surface area contributed by atoms with Crippen LogP contribution < -0.4 is 4.74 Å². The predicted octanol–water partition coefficient (Wildman–Crippen LogP) is 6.13. The Hall–Kier alpha value is -1.82. The van der Waals surface area contributed by atoms with E-state index < -0.39 is 15.9 Å². The van der Waals surface area contributed by atoms with Gasteiger partial charge in [0, 0.05) is 17.5 Å². The summed E-state index contributed by atoms with van der Waals surface area (Å²) in [6.07, 6.45) is 0. The number of nitro benzene ring substituents is 1. The molecule has 1 unspecified atom stereocenters. The Labute approximate surface area is 166 Å². The van der Waals surface area contributed by atoms with Gasteiger partial charge in [-0.05, 0) is 35.4 Å². The number of ether oxygens (including phenoxy) is 1. The molecule has 0 saturated carbocycles. The molecule has 0 N–H and O–H groups in total. The second-order valence-corrected chi connectivity index (χ2v) is 7.83. The molecule has 0 aliphatic heterocycles. The van der Waals surface area contributed by atoms with Crippen molar-refractivity contribution < 1.29 is 14.5 Å². The maximum Gasteiger partial charge on any atom is 0.269 e. The summed E-state index contributed by atoms with van der Waals surface area (Å²) in [7, 11) is 0. The fraction of sp³-hybridized carbons (Fsp3) is 0.278. The van der Waals surface area contributed by atoms with Crippen LogP contribution in [0.3, 0.4) is 0 Å². The molecule has 0 fully saturated rings. The molecule has 0 aromatic heterocycles. The van der Waals surface area contributed by atoms with E-state index in [1.165, 1.54) is 12.1 Å². The summed E-state index contributed by atoms with van der Waals surface area (Å²) in [6.45, 7) is 5.19. The molecule has 2 rings (SSSR count). The second kappa shape index (κ2) is 7.82. The highest BCUT2D eigenvalue weighted by molar-refractivity contribution is 6.38. The first kappa shape index (κ1) is 20.5. The molecule has 1 atom stereocenters. The number of hydrogen-bond donors (Lipinski definition) is 0. The summed E-state index contributed by atoms with van der Waals surface area (Å²) in [5.41, 5.74) is -0.578. The Morgan fingerprint density at radius 2 is 1.58 bits per heavy atom. The molecule has 0 heterocycles. The number of rotatable bonds is 5. The van der Waals surface area contributed by atoms with E-state index in [-0.39, 0.29) is 27.3 Å². The molecule has 0 spiro atoms. The van der Waals surface area contributed by atoms with Gasteiger partial charge in [0.2, 0.25) is 5.56 Å². The molecular formula is C18H16Cl3NO4. The Balaban J connectivity index is 2.30. The van der Waals surface area contributed by atoms with Gasteiger partial charge in [0.15, 0.2) is 11.5 Å². The summed E-state index contributed by atoms with van der Waals surface area (Å²) in [4.78, 5) is 22.4. The first-order chi connectivity index (χ1) is 12.0. The number of nitrogens with zero attached hydrogens (tertiary/aromatic N) is 1. The van der Waals surface area contributed by atoms with Crippen molar-refractivity contribution in [2.75, 3.05) is 0 Å². The van der Waals surface area contributed by atoms with Crippen LogP contribution in [0.25, 0.3) is 11.1 Å². The average molecular weight is 417 g/mol. The van der Waals surface area contributed by atoms with Gasteiger partial charge in [0.05, 0.1) is 15.0 Å². The van der Waals surface area contributed by atoms with Crippen LogP contribution in [-0.2, 0) is 4.79 Å². The summed E-state index contributed by atoms with van der Waals surface area (Å²) in [6, 6.07) is 9.14. The molecule has 5 nitrogen and oxygen atoms in total. The lowest BCUT2D eigenvalue weighted by Crippen LogP contribution is -2.32. The van der Waals surface area contributed by atoms with Gasteiger partial charge < -0.3 is 4.74 Å². The molecule has 2 aromatic carbocycles. The van der Waals surface area contributed by atoms with Gasteiger partial charge >= 0.3 is 0 Å². The van der Waals surface area contributed by atoms with Gasteiger partial charge in [0.1, 0.15) is 0 Å². The number of halogens is 3. The van der Waals surface area contributed by atoms with Crippen LogP contribution in [0, 0.1) is 15.5 Å². The van der Waals surface area contributed by atoms with Crippen LogP contribution in [0.15, 0.2) is 36.4 Å². The van der Waals surface area contributed by atoms with Crippen molar-refractivity contribution in [2.24, 2.45) is 5.41 Å². The summed E-state index contributed by atoms with van der Waals surface area (Å²) < 4.78 is 5.47. The molecule has 26 heavy (non-hydrogen) atoms. The van der Waals surface area contributed by atoms with Gasteiger partial charge in [-0.15, -0.1) is 0 Å². The van der Waals surface area contributed by atoms with Crippen LogP contribution >= 0.6 is 34.8 Å². The Kier molecular flexibility index (Phi) is 6.17. The minimum Gasteiger partial charge on any atom is -0.464 e. The van der Waals surface area contributed by atoms with Crippen LogP contribution in [0.4, 0.5) is 5.69 Å². The van der Waals surface area contributed by atoms with Gasteiger partial charge in [-0.1, -0.05) is 55.6 Å². The number of Topliss-reactive ketones (excluding diaryl/α,β-unsaturated/α-hetero) is 1. The van der Waals surface area contributed by atoms with Crippen LogP contribution in [0.1, 0.15) is 20.8 Å². The molecule has 8 heteroatoms. The molecular weight excluding hydrogens is 401 g/mol. The number of hydrogen-bond acceptors (Lipinski definition) is 4. The lowest BCUT2D eigenvalue weighted by molar-refractivity contribution is -0.384. The zero-order valence-corrected chi connectivity index (χ0v) is 16.5. The van der Waals surface area contributed by atoms with Crippen LogP contribution in [0.2, 0.25) is 10.0 Å². The highest BCUT2D eigenvalue weighted by Crippen LogP contribution is 2.39. The Bertz CT molecular complexity index is 822. The van der Waals surface area contributed by atoms with E-state index in [4.69, 9.17) is 39.5 Å². The number of ketones is 1. The van der Waals surface area contributed by atoms with Crippen molar-refractivity contribution in [2.45, 2.75) is 26.3 Å². The number of non-ortho nitro benzene ring substituents is 1. The van der Waals surface area contributed by atoms with E-state index >= 15 is 0 Å². The standard InChI is InChI=1S/C18H16Cl3NO4/c1-18(2,3)16(23)17(21)26-15-13(19)8-11(9-14(15)20)10-4-6-12(7-5-10)22(24)25/h4-9,17H,1-3H3. The monoisotopic (exact) mass is 415 g/mol. The van der Waals surface area contributed by atoms with Crippen molar-refractivity contribution >= 4 is 46.3 Å². The predicted molar refractivity (Wildman–Crippen MR) is 103 cm³/mol. The molecule has 0 bridgehead atoms. The molecule has 0 radical (unpaired) electrons. The van der Waals surface area contributed by atoms with E-state index in [1.54, 1.807) is 45.0 Å². The smallest absolute Gasteiger partial charge is 0.269 e. The lowest BCUT2D eigenvalue weighted by Gasteiger charge is -2.22. The third-order valence-corrected chi connectivity index (χ3v) is 4.43. The third-order valence-electron chi connectivity index (χ3n) is 3.58. The number of nitro groups is 1. The van der Waals surface area contributed by atoms with Crippen molar-refractivity contribution in [1.29, 1.82) is 0 Å². The van der Waals surface area contributed by atoms with E-state index in [0.29, 0.717) is 11.1 Å². The first-order valence-electron chi connectivity index (χ1n) is 7.59. The topological polar surface area (TPSA) is 69.4 Å². The van der Waals surface area contributed by atoms with Crippen LogP contribution in [-0.4, -0.2) is 16.3 Å². The molecule has 0 aliphatic carbocycles. The highest BCUT2D eigenvalue weighted by Gasteiger charge is 2.30. The van der Waals surface area contributed by atoms with Crippen molar-refractivity contribution in [1.82, 2.24) is 0 Å². The normalized spacial score (nSPS) is 12.5. The molecule has 0 amide bonds. The minimum atomic E-state index is -1.23. The largest absolute Gasteiger partial charge is 0.464 e. The van der Waals surface area contributed by atoms with Crippen molar-refractivity contribution in [3.63, 3.8) is 0 Å². The molecule has 0 saturated heterocycles. The summed E-state index contributed by atoms with van der Waals surface area (Å²) in [5.74, 6) is -0.192. The second-order valence-electron chi connectivity index (χ2n) is 6.62. The third kappa shape index (κ3) is 4.67. The zero-order chi connectivity index (χ0) is 19.6. The SMILES string of the molecule is CC(C)(C)C(=O)C(Cl)Oc1c(Cl)cc(-c2ccc([N+](=O)[O-])cc2)cc1Cl. The van der Waals surface area contributed by atoms with E-state index in [0.717, 1.165) is 0 Å². The highest BCUT2D eigenvalue weighted by atomic mass is 35.5. The minimum absolute atomic E-state index is 0.0171. The first-order valence-corrected chi connectivity index (χ1v) is 8.79. The van der Waals surface area contributed by atoms with Crippen molar-refractivity contribution in [3.05, 3.63) is 56.6 Å². The van der Waals surface area contributed by atoms with Crippen molar-refractivity contribution in [3.8, 4) is 16.9 Å². The summed E-state index contributed by atoms with van der Waals surface area (Å²) in [5, 5.41) is 11.1. The fourth-order valence-electron chi connectivity index (χ4n) is 2.11.